The molecule has 3 fully saturated rings. The van der Waals surface area contributed by atoms with E-state index in [0.717, 1.165) is 24.8 Å². The van der Waals surface area contributed by atoms with Crippen molar-refractivity contribution in [3.05, 3.63) is 23.3 Å². The predicted molar refractivity (Wildman–Crippen MR) is 135 cm³/mol. The van der Waals surface area contributed by atoms with Gasteiger partial charge in [0.15, 0.2) is 11.6 Å². The molecule has 194 valence electrons. The van der Waals surface area contributed by atoms with Crippen LogP contribution < -0.4 is 0 Å². The van der Waals surface area contributed by atoms with Crippen molar-refractivity contribution in [2.24, 2.45) is 50.2 Å². The number of carbonyl (C=O) groups is 3. The molecule has 0 heterocycles. The molecule has 0 amide bonds. The second-order valence-electron chi connectivity index (χ2n) is 14.7. The molecule has 5 rings (SSSR count). The number of carbonyl (C=O) groups excluding carboxylic acids is 3. The highest BCUT2D eigenvalue weighted by Gasteiger charge is 2.70. The SMILES string of the molecule is CC1(C)CC[C@]2(C(=O)F)CC[C@]3(C)[C@H](C(=O)C=C4[C@@]5(C)C=C(C#N)C(=O)C(C)(C)[C@@H]5CC[C@]43C)[C@@H]2C1. The fourth-order valence-corrected chi connectivity index (χ4v) is 9.98. The molecule has 0 bridgehead atoms. The van der Waals surface area contributed by atoms with Gasteiger partial charge in [0.2, 0.25) is 0 Å². The molecular formula is C31H40FNO3. The van der Waals surface area contributed by atoms with E-state index in [4.69, 9.17) is 0 Å². The first kappa shape index (κ1) is 25.6. The molecule has 0 aromatic heterocycles. The highest BCUT2D eigenvalue weighted by atomic mass is 19.1. The lowest BCUT2D eigenvalue weighted by atomic mass is 9.34. The van der Waals surface area contributed by atoms with Crippen molar-refractivity contribution >= 4 is 17.6 Å². The predicted octanol–water partition coefficient (Wildman–Crippen LogP) is 6.70. The van der Waals surface area contributed by atoms with Crippen LogP contribution in [0.4, 0.5) is 4.39 Å². The summed E-state index contributed by atoms with van der Waals surface area (Å²) >= 11 is 0. The topological polar surface area (TPSA) is 75.0 Å². The van der Waals surface area contributed by atoms with Crippen LogP contribution in [0.25, 0.3) is 0 Å². The van der Waals surface area contributed by atoms with E-state index in [-0.39, 0.29) is 39.8 Å². The summed E-state index contributed by atoms with van der Waals surface area (Å²) in [5.74, 6) is -0.833. The minimum Gasteiger partial charge on any atom is -0.295 e. The van der Waals surface area contributed by atoms with E-state index in [2.05, 4.69) is 40.7 Å². The molecular weight excluding hydrogens is 453 g/mol. The summed E-state index contributed by atoms with van der Waals surface area (Å²) in [5, 5.41) is 9.81. The average Bonchev–Trinajstić information content (AvgIpc) is 2.77. The van der Waals surface area contributed by atoms with Crippen LogP contribution in [0.3, 0.4) is 0 Å². The second-order valence-corrected chi connectivity index (χ2v) is 14.7. The Labute approximate surface area is 214 Å². The summed E-state index contributed by atoms with van der Waals surface area (Å²) in [6, 6.07) is 0.903. The third kappa shape index (κ3) is 2.88. The van der Waals surface area contributed by atoms with Crippen molar-refractivity contribution in [1.29, 1.82) is 5.26 Å². The fraction of sp³-hybridized carbons (Fsp3) is 0.742. The third-order valence-electron chi connectivity index (χ3n) is 12.3. The second kappa shape index (κ2) is 7.27. The van der Waals surface area contributed by atoms with E-state index in [1.807, 2.05) is 19.9 Å². The fourth-order valence-electron chi connectivity index (χ4n) is 9.98. The van der Waals surface area contributed by atoms with Crippen LogP contribution in [0.5, 0.6) is 0 Å². The Bertz CT molecular complexity index is 1190. The number of ketones is 2. The molecule has 0 aromatic carbocycles. The van der Waals surface area contributed by atoms with Crippen molar-refractivity contribution in [1.82, 2.24) is 0 Å². The van der Waals surface area contributed by atoms with Gasteiger partial charge in [0.05, 0.1) is 11.0 Å². The molecule has 0 radical (unpaired) electrons. The van der Waals surface area contributed by atoms with Crippen LogP contribution in [0.15, 0.2) is 23.3 Å². The van der Waals surface area contributed by atoms with E-state index in [1.165, 1.54) is 0 Å². The first-order valence-corrected chi connectivity index (χ1v) is 13.6. The van der Waals surface area contributed by atoms with Gasteiger partial charge in [0, 0.05) is 16.7 Å². The highest BCUT2D eigenvalue weighted by Crippen LogP contribution is 2.74. The molecule has 36 heavy (non-hydrogen) atoms. The Kier molecular flexibility index (Phi) is 5.16. The molecule has 0 aliphatic heterocycles. The molecule has 0 N–H and O–H groups in total. The minimum absolute atomic E-state index is 0.00138. The molecule has 5 heteroatoms. The number of hydrogen-bond donors (Lipinski definition) is 0. The maximum atomic E-state index is 14.9. The monoisotopic (exact) mass is 493 g/mol. The van der Waals surface area contributed by atoms with E-state index >= 15 is 0 Å². The number of halogens is 1. The van der Waals surface area contributed by atoms with Gasteiger partial charge in [0.25, 0.3) is 0 Å². The minimum atomic E-state index is -1.23. The van der Waals surface area contributed by atoms with E-state index in [9.17, 15) is 24.0 Å². The molecule has 0 spiro atoms. The number of allylic oxidation sites excluding steroid dienone is 4. The van der Waals surface area contributed by atoms with Gasteiger partial charge in [-0.2, -0.15) is 9.65 Å². The van der Waals surface area contributed by atoms with Gasteiger partial charge >= 0.3 is 6.04 Å². The van der Waals surface area contributed by atoms with Crippen LogP contribution in [0.1, 0.15) is 93.4 Å². The van der Waals surface area contributed by atoms with Gasteiger partial charge in [-0.25, -0.2) is 0 Å². The van der Waals surface area contributed by atoms with Gasteiger partial charge < -0.3 is 0 Å². The maximum Gasteiger partial charge on any atom is 0.307 e. The Morgan fingerprint density at radius 3 is 2.25 bits per heavy atom. The summed E-state index contributed by atoms with van der Waals surface area (Å²) in [6.45, 7) is 14.8. The maximum absolute atomic E-state index is 14.9. The number of nitrogens with zero attached hydrogens (tertiary/aromatic N) is 1. The molecule has 0 unspecified atom stereocenters. The van der Waals surface area contributed by atoms with Crippen LogP contribution in [-0.2, 0) is 14.4 Å². The number of nitriles is 1. The third-order valence-corrected chi connectivity index (χ3v) is 12.3. The van der Waals surface area contributed by atoms with Crippen molar-refractivity contribution < 1.29 is 18.8 Å². The molecule has 0 aromatic rings. The van der Waals surface area contributed by atoms with Crippen molar-refractivity contribution in [2.45, 2.75) is 93.4 Å². The quantitative estimate of drug-likeness (QED) is 0.381. The molecule has 5 aliphatic rings. The zero-order valence-electron chi connectivity index (χ0n) is 22.9. The van der Waals surface area contributed by atoms with Gasteiger partial charge in [-0.15, -0.1) is 0 Å². The van der Waals surface area contributed by atoms with Crippen LogP contribution in [0.2, 0.25) is 0 Å². The summed E-state index contributed by atoms with van der Waals surface area (Å²) in [7, 11) is 0. The lowest BCUT2D eigenvalue weighted by Gasteiger charge is -2.68. The van der Waals surface area contributed by atoms with Crippen LogP contribution in [0, 0.1) is 61.6 Å². The van der Waals surface area contributed by atoms with E-state index < -0.39 is 33.6 Å². The van der Waals surface area contributed by atoms with E-state index in [0.29, 0.717) is 25.7 Å². The standard InChI is InChI=1S/C31H40FNO3/c1-26(2)10-12-31(25(32)36)13-11-30(7)23(19(31)16-26)20(34)14-22-28(5)15-18(17-33)24(35)27(3,4)21(28)8-9-29(22,30)6/h14-15,19,21,23H,8-13,16H2,1-7H3/t19-,21-,23-,28-,29+,30+,31-/m0/s1. The molecule has 7 atom stereocenters. The van der Waals surface area contributed by atoms with Crippen LogP contribution in [-0.4, -0.2) is 17.6 Å². The van der Waals surface area contributed by atoms with Crippen molar-refractivity contribution in [3.8, 4) is 6.07 Å². The van der Waals surface area contributed by atoms with Gasteiger partial charge in [-0.1, -0.05) is 60.1 Å². The largest absolute Gasteiger partial charge is 0.307 e. The summed E-state index contributed by atoms with van der Waals surface area (Å²) in [4.78, 5) is 39.9. The van der Waals surface area contributed by atoms with Gasteiger partial charge in [0.1, 0.15) is 6.07 Å². The number of fused-ring (bicyclic) bond motifs is 7. The Morgan fingerprint density at radius 1 is 1.00 bits per heavy atom. The average molecular weight is 494 g/mol. The summed E-state index contributed by atoms with van der Waals surface area (Å²) in [6.07, 6.45) is 8.38. The first-order valence-electron chi connectivity index (χ1n) is 13.6. The zero-order valence-corrected chi connectivity index (χ0v) is 22.9. The molecule has 4 nitrogen and oxygen atoms in total. The molecule has 5 aliphatic carbocycles. The smallest absolute Gasteiger partial charge is 0.295 e. The highest BCUT2D eigenvalue weighted by molar-refractivity contribution is 6.04. The Morgan fingerprint density at radius 2 is 1.64 bits per heavy atom. The zero-order chi connectivity index (χ0) is 26.7. The van der Waals surface area contributed by atoms with Crippen molar-refractivity contribution in [3.63, 3.8) is 0 Å². The lowest BCUT2D eigenvalue weighted by Crippen LogP contribution is -2.65. The van der Waals surface area contributed by atoms with Crippen molar-refractivity contribution in [2.75, 3.05) is 0 Å². The number of hydrogen-bond acceptors (Lipinski definition) is 4. The van der Waals surface area contributed by atoms with Gasteiger partial charge in [-0.05, 0) is 79.1 Å². The normalized spacial score (nSPS) is 46.7. The molecule has 3 saturated carbocycles. The summed E-state index contributed by atoms with van der Waals surface area (Å²) < 4.78 is 14.9. The Balaban J connectivity index is 1.71. The summed E-state index contributed by atoms with van der Waals surface area (Å²) in [5.41, 5.74) is -1.95. The number of rotatable bonds is 1. The Hall–Kier alpha value is -2.09. The molecule has 0 saturated heterocycles. The first-order chi connectivity index (χ1) is 16.5. The van der Waals surface area contributed by atoms with Gasteiger partial charge in [-0.3, -0.25) is 14.4 Å². The van der Waals surface area contributed by atoms with E-state index in [1.54, 1.807) is 6.08 Å². The number of Topliss-reactive ketones (excluding diaryl/α,β-unsaturated/α-hetero) is 1. The lowest BCUT2D eigenvalue weighted by molar-refractivity contribution is -0.183. The van der Waals surface area contributed by atoms with Crippen LogP contribution >= 0.6 is 0 Å².